The number of halogens is 4. The minimum atomic E-state index is -4.37. The maximum Gasteiger partial charge on any atom is 0.417 e. The first kappa shape index (κ1) is 14.1. The molecule has 0 aliphatic rings. The lowest BCUT2D eigenvalue weighted by molar-refractivity contribution is -0.137. The zero-order valence-corrected chi connectivity index (χ0v) is 11.3. The molecule has 0 aromatic carbocycles. The highest BCUT2D eigenvalue weighted by Crippen LogP contribution is 2.33. The summed E-state index contributed by atoms with van der Waals surface area (Å²) in [5.41, 5.74) is 0.123. The molecule has 2 aromatic heterocycles. The topological polar surface area (TPSA) is 25.8 Å². The zero-order chi connectivity index (χ0) is 14.0. The van der Waals surface area contributed by atoms with Crippen LogP contribution in [-0.4, -0.2) is 9.97 Å². The van der Waals surface area contributed by atoms with E-state index in [0.29, 0.717) is 10.2 Å². The monoisotopic (exact) mass is 304 g/mol. The van der Waals surface area contributed by atoms with Crippen LogP contribution in [0.1, 0.15) is 11.1 Å². The molecule has 0 fully saturated rings. The second-order valence-electron chi connectivity index (χ2n) is 3.76. The second-order valence-corrected chi connectivity index (χ2v) is 5.21. The largest absolute Gasteiger partial charge is 0.417 e. The summed E-state index contributed by atoms with van der Waals surface area (Å²) in [7, 11) is 0. The van der Waals surface area contributed by atoms with E-state index in [2.05, 4.69) is 9.97 Å². The molecule has 0 radical (unpaired) electrons. The molecule has 0 N–H and O–H groups in total. The molecule has 0 atom stereocenters. The van der Waals surface area contributed by atoms with Crippen molar-refractivity contribution in [2.24, 2.45) is 0 Å². The fourth-order valence-corrected chi connectivity index (χ4v) is 2.39. The van der Waals surface area contributed by atoms with E-state index >= 15 is 0 Å². The van der Waals surface area contributed by atoms with E-state index in [1.165, 1.54) is 17.8 Å². The minimum Gasteiger partial charge on any atom is -0.249 e. The summed E-state index contributed by atoms with van der Waals surface area (Å²) in [6, 6.07) is 4.00. The van der Waals surface area contributed by atoms with E-state index in [4.69, 9.17) is 11.6 Å². The van der Waals surface area contributed by atoms with E-state index in [1.807, 2.05) is 6.92 Å². The van der Waals surface area contributed by atoms with Crippen LogP contribution in [0.15, 0.2) is 40.5 Å². The van der Waals surface area contributed by atoms with Crippen LogP contribution in [0.4, 0.5) is 13.2 Å². The van der Waals surface area contributed by atoms with Gasteiger partial charge in [-0.3, -0.25) is 0 Å². The van der Waals surface area contributed by atoms with Crippen LogP contribution >= 0.6 is 23.4 Å². The molecule has 7 heteroatoms. The lowest BCUT2D eigenvalue weighted by atomic mass is 10.3. The lowest BCUT2D eigenvalue weighted by Gasteiger charge is -2.07. The third-order valence-corrected chi connectivity index (χ3v) is 3.62. The molecule has 2 rings (SSSR count). The number of aryl methyl sites for hydroxylation is 1. The predicted molar refractivity (Wildman–Crippen MR) is 67.3 cm³/mol. The van der Waals surface area contributed by atoms with E-state index in [9.17, 15) is 13.2 Å². The summed E-state index contributed by atoms with van der Waals surface area (Å²) in [5.74, 6) is 0. The Balaban J connectivity index is 2.22. The summed E-state index contributed by atoms with van der Waals surface area (Å²) in [6.45, 7) is 1.84. The van der Waals surface area contributed by atoms with Crippen molar-refractivity contribution in [2.45, 2.75) is 23.0 Å². The van der Waals surface area contributed by atoms with Gasteiger partial charge < -0.3 is 0 Å². The fraction of sp³-hybridized carbons (Fsp3) is 0.167. The van der Waals surface area contributed by atoms with Gasteiger partial charge in [0.15, 0.2) is 0 Å². The molecule has 2 nitrogen and oxygen atoms in total. The van der Waals surface area contributed by atoms with E-state index in [1.54, 1.807) is 12.3 Å². The third kappa shape index (κ3) is 3.61. The van der Waals surface area contributed by atoms with Gasteiger partial charge in [-0.1, -0.05) is 23.4 Å². The number of hydrogen-bond acceptors (Lipinski definition) is 3. The van der Waals surface area contributed by atoms with E-state index < -0.39 is 11.7 Å². The first-order chi connectivity index (χ1) is 8.86. The van der Waals surface area contributed by atoms with Crippen LogP contribution in [-0.2, 0) is 6.18 Å². The summed E-state index contributed by atoms with van der Waals surface area (Å²) in [4.78, 5) is 8.51. The smallest absolute Gasteiger partial charge is 0.249 e. The summed E-state index contributed by atoms with van der Waals surface area (Å²) in [5, 5.41) is 0.804. The Kier molecular flexibility index (Phi) is 4.01. The maximum absolute atomic E-state index is 12.4. The first-order valence-electron chi connectivity index (χ1n) is 5.19. The van der Waals surface area contributed by atoms with Crippen molar-refractivity contribution < 1.29 is 13.2 Å². The van der Waals surface area contributed by atoms with Gasteiger partial charge >= 0.3 is 6.18 Å². The van der Waals surface area contributed by atoms with E-state index in [-0.39, 0.29) is 0 Å². The third-order valence-electron chi connectivity index (χ3n) is 2.30. The first-order valence-corrected chi connectivity index (χ1v) is 6.39. The highest BCUT2D eigenvalue weighted by molar-refractivity contribution is 7.99. The van der Waals surface area contributed by atoms with E-state index in [0.717, 1.165) is 22.7 Å². The summed E-state index contributed by atoms with van der Waals surface area (Å²) >= 11 is 7.02. The standard InChI is InChI=1S/C12H8ClF3N2S/c1-7-5-17-10(13)4-9(7)19-11-3-2-8(6-18-11)12(14,15)16/h2-6H,1H3. The number of alkyl halides is 3. The Morgan fingerprint density at radius 2 is 1.89 bits per heavy atom. The number of aromatic nitrogens is 2. The van der Waals surface area contributed by atoms with Crippen molar-refractivity contribution in [3.05, 3.63) is 46.9 Å². The fourth-order valence-electron chi connectivity index (χ4n) is 1.31. The molecule has 100 valence electrons. The van der Waals surface area contributed by atoms with Gasteiger partial charge in [0.2, 0.25) is 0 Å². The molecular formula is C12H8ClF3N2S. The Bertz CT molecular complexity index is 585. The SMILES string of the molecule is Cc1cnc(Cl)cc1Sc1ccc(C(F)(F)F)cn1. The lowest BCUT2D eigenvalue weighted by Crippen LogP contribution is -2.05. The molecule has 2 aromatic rings. The van der Waals surface area contributed by atoms with Gasteiger partial charge in [-0.2, -0.15) is 13.2 Å². The number of nitrogens with zero attached hydrogens (tertiary/aromatic N) is 2. The quantitative estimate of drug-likeness (QED) is 0.758. The van der Waals surface area contributed by atoms with Crippen molar-refractivity contribution in [1.82, 2.24) is 9.97 Å². The molecule has 0 aliphatic heterocycles. The van der Waals surface area contributed by atoms with Crippen LogP contribution in [0.3, 0.4) is 0 Å². The van der Waals surface area contributed by atoms with Crippen molar-refractivity contribution in [3.8, 4) is 0 Å². The number of hydrogen-bond donors (Lipinski definition) is 0. The molecule has 19 heavy (non-hydrogen) atoms. The van der Waals surface area contributed by atoms with Crippen molar-refractivity contribution in [2.75, 3.05) is 0 Å². The molecule has 0 saturated carbocycles. The summed E-state index contributed by atoms with van der Waals surface area (Å²) < 4.78 is 37.2. The van der Waals surface area contributed by atoms with Crippen LogP contribution in [0, 0.1) is 6.92 Å². The second kappa shape index (κ2) is 5.38. The maximum atomic E-state index is 12.4. The van der Waals surface area contributed by atoms with Crippen molar-refractivity contribution in [1.29, 1.82) is 0 Å². The van der Waals surface area contributed by atoms with Gasteiger partial charge in [0, 0.05) is 17.3 Å². The zero-order valence-electron chi connectivity index (χ0n) is 9.70. The molecule has 0 amide bonds. The normalized spacial score (nSPS) is 11.6. The molecular weight excluding hydrogens is 297 g/mol. The molecule has 0 unspecified atom stereocenters. The van der Waals surface area contributed by atoms with Crippen LogP contribution in [0.25, 0.3) is 0 Å². The van der Waals surface area contributed by atoms with Crippen molar-refractivity contribution >= 4 is 23.4 Å². The molecule has 0 spiro atoms. The summed E-state index contributed by atoms with van der Waals surface area (Å²) in [6.07, 6.45) is -1.94. The van der Waals surface area contributed by atoms with Crippen LogP contribution < -0.4 is 0 Å². The molecule has 0 saturated heterocycles. The van der Waals surface area contributed by atoms with Gasteiger partial charge in [-0.05, 0) is 30.7 Å². The van der Waals surface area contributed by atoms with Gasteiger partial charge in [-0.25, -0.2) is 9.97 Å². The van der Waals surface area contributed by atoms with Gasteiger partial charge in [0.05, 0.1) is 5.56 Å². The number of pyridine rings is 2. The molecule has 0 bridgehead atoms. The highest BCUT2D eigenvalue weighted by Gasteiger charge is 2.30. The molecule has 2 heterocycles. The number of rotatable bonds is 2. The van der Waals surface area contributed by atoms with Gasteiger partial charge in [-0.15, -0.1) is 0 Å². The van der Waals surface area contributed by atoms with Gasteiger partial charge in [0.1, 0.15) is 10.2 Å². The Labute approximate surface area is 117 Å². The average molecular weight is 305 g/mol. The van der Waals surface area contributed by atoms with Crippen molar-refractivity contribution in [3.63, 3.8) is 0 Å². The Hall–Kier alpha value is -1.27. The predicted octanol–water partition coefficient (Wildman–Crippen LogP) is 4.61. The minimum absolute atomic E-state index is 0.333. The average Bonchev–Trinajstić information content (AvgIpc) is 2.33. The van der Waals surface area contributed by atoms with Crippen LogP contribution in [0.5, 0.6) is 0 Å². The Morgan fingerprint density at radius 3 is 2.47 bits per heavy atom. The molecule has 0 aliphatic carbocycles. The van der Waals surface area contributed by atoms with Crippen LogP contribution in [0.2, 0.25) is 5.15 Å². The highest BCUT2D eigenvalue weighted by atomic mass is 35.5. The van der Waals surface area contributed by atoms with Gasteiger partial charge in [0.25, 0.3) is 0 Å². The Morgan fingerprint density at radius 1 is 1.16 bits per heavy atom.